The molecule has 0 fully saturated rings. The second-order valence-electron chi connectivity index (χ2n) is 5.12. The number of nitro benzene ring substituents is 3. The monoisotopic (exact) mass is 357 g/mol. The van der Waals surface area contributed by atoms with Crippen LogP contribution < -0.4 is 11.5 Å². The summed E-state index contributed by atoms with van der Waals surface area (Å²) in [6, 6.07) is -0.414. The Morgan fingerprint density at radius 1 is 1.00 bits per heavy atom. The zero-order valence-electron chi connectivity index (χ0n) is 12.7. The Bertz CT molecular complexity index is 722. The molecule has 0 saturated heterocycles. The summed E-state index contributed by atoms with van der Waals surface area (Å²) in [5, 5.41) is 41.8. The highest BCUT2D eigenvalue weighted by molar-refractivity contribution is 5.73. The fraction of sp³-hybridized carbons (Fsp3) is 0.417. The third-order valence-electron chi connectivity index (χ3n) is 3.47. The highest BCUT2D eigenvalue weighted by Crippen LogP contribution is 2.41. The molecule has 0 saturated carbocycles. The summed E-state index contributed by atoms with van der Waals surface area (Å²) in [7, 11) is 0. The van der Waals surface area contributed by atoms with Crippen molar-refractivity contribution >= 4 is 23.0 Å². The zero-order chi connectivity index (χ0) is 19.3. The van der Waals surface area contributed by atoms with E-state index in [0.29, 0.717) is 0 Å². The molecule has 25 heavy (non-hydrogen) atoms. The molecule has 2 unspecified atom stereocenters. The number of hydrogen-bond acceptors (Lipinski definition) is 9. The van der Waals surface area contributed by atoms with Gasteiger partial charge in [0.05, 0.1) is 20.3 Å². The number of aliphatic carboxylic acids is 1. The number of nitrogens with zero attached hydrogens (tertiary/aromatic N) is 3. The molecule has 0 bridgehead atoms. The molecule has 136 valence electrons. The third kappa shape index (κ3) is 4.65. The van der Waals surface area contributed by atoms with Crippen LogP contribution in [0, 0.1) is 30.3 Å². The van der Waals surface area contributed by atoms with Crippen LogP contribution in [0.2, 0.25) is 0 Å². The van der Waals surface area contributed by atoms with E-state index in [9.17, 15) is 35.1 Å². The molecule has 13 nitrogen and oxygen atoms in total. The predicted octanol–water partition coefficient (Wildman–Crippen LogP) is 0.993. The number of hydrogen-bond donors (Lipinski definition) is 3. The lowest BCUT2D eigenvalue weighted by Crippen LogP contribution is -2.30. The van der Waals surface area contributed by atoms with Gasteiger partial charge in [-0.3, -0.25) is 35.1 Å². The molecule has 13 heteroatoms. The van der Waals surface area contributed by atoms with Gasteiger partial charge in [0.1, 0.15) is 6.04 Å². The van der Waals surface area contributed by atoms with Crippen LogP contribution in [0.4, 0.5) is 17.1 Å². The number of rotatable bonds is 9. The second-order valence-corrected chi connectivity index (χ2v) is 5.12. The van der Waals surface area contributed by atoms with Crippen molar-refractivity contribution in [3.8, 4) is 0 Å². The summed E-state index contributed by atoms with van der Waals surface area (Å²) < 4.78 is 0. The van der Waals surface area contributed by atoms with Gasteiger partial charge in [0.2, 0.25) is 0 Å². The van der Waals surface area contributed by atoms with E-state index in [0.717, 1.165) is 12.1 Å². The molecule has 0 aliphatic heterocycles. The minimum atomic E-state index is -1.25. The predicted molar refractivity (Wildman–Crippen MR) is 82.8 cm³/mol. The standard InChI is InChI=1S/C12H15N5O8/c13-7(2-1-3-8(14)12(18)19)6-4-5-9(15(20)21)11(17(24)25)10(6)16(22)23/h4-5,7-8H,1-3,13-14H2,(H,18,19). The Morgan fingerprint density at radius 2 is 1.56 bits per heavy atom. The van der Waals surface area contributed by atoms with Crippen molar-refractivity contribution < 1.29 is 24.7 Å². The fourth-order valence-corrected chi connectivity index (χ4v) is 2.24. The van der Waals surface area contributed by atoms with Crippen molar-refractivity contribution in [2.45, 2.75) is 31.3 Å². The minimum absolute atomic E-state index is 0.0475. The van der Waals surface area contributed by atoms with Gasteiger partial charge < -0.3 is 16.6 Å². The number of nitro groups is 3. The highest BCUT2D eigenvalue weighted by atomic mass is 16.6. The van der Waals surface area contributed by atoms with E-state index in [1.54, 1.807) is 0 Å². The lowest BCUT2D eigenvalue weighted by atomic mass is 9.97. The summed E-state index contributed by atoms with van der Waals surface area (Å²) in [6.07, 6.45) is 0.291. The van der Waals surface area contributed by atoms with Crippen molar-refractivity contribution in [2.24, 2.45) is 11.5 Å². The molecule has 1 aromatic carbocycles. The largest absolute Gasteiger partial charge is 0.480 e. The number of benzene rings is 1. The quantitative estimate of drug-likeness (QED) is 0.420. The third-order valence-corrected chi connectivity index (χ3v) is 3.47. The first kappa shape index (κ1) is 19.9. The molecular formula is C12H15N5O8. The van der Waals surface area contributed by atoms with Crippen molar-refractivity contribution in [1.82, 2.24) is 0 Å². The van der Waals surface area contributed by atoms with Crippen molar-refractivity contribution in [3.05, 3.63) is 48.0 Å². The molecule has 5 N–H and O–H groups in total. The number of carboxylic acids is 1. The van der Waals surface area contributed by atoms with E-state index in [-0.39, 0.29) is 24.8 Å². The maximum Gasteiger partial charge on any atom is 0.422 e. The number of carbonyl (C=O) groups is 1. The van der Waals surface area contributed by atoms with Gasteiger partial charge in [-0.05, 0) is 25.3 Å². The lowest BCUT2D eigenvalue weighted by molar-refractivity contribution is -0.441. The van der Waals surface area contributed by atoms with Crippen LogP contribution in [0.15, 0.2) is 12.1 Å². The SMILES string of the molecule is NC(CCCC(N)c1ccc([N+](=O)[O-])c([N+](=O)[O-])c1[N+](=O)[O-])C(=O)O. The van der Waals surface area contributed by atoms with Gasteiger partial charge in [-0.2, -0.15) is 0 Å². The molecule has 0 heterocycles. The summed E-state index contributed by atoms with van der Waals surface area (Å²) in [4.78, 5) is 40.4. The smallest absolute Gasteiger partial charge is 0.422 e. The van der Waals surface area contributed by atoms with Crippen LogP contribution in [-0.2, 0) is 4.79 Å². The van der Waals surface area contributed by atoms with Gasteiger partial charge in [-0.25, -0.2) is 0 Å². The molecule has 0 aromatic heterocycles. The van der Waals surface area contributed by atoms with Crippen LogP contribution >= 0.6 is 0 Å². The van der Waals surface area contributed by atoms with Gasteiger partial charge in [-0.1, -0.05) is 0 Å². The average molecular weight is 357 g/mol. The van der Waals surface area contributed by atoms with Crippen LogP contribution in [0.1, 0.15) is 30.9 Å². The van der Waals surface area contributed by atoms with Crippen molar-refractivity contribution in [2.75, 3.05) is 0 Å². The molecule has 0 aliphatic carbocycles. The molecule has 0 radical (unpaired) electrons. The number of nitrogens with two attached hydrogens (primary N) is 2. The minimum Gasteiger partial charge on any atom is -0.480 e. The molecule has 2 atom stereocenters. The summed E-state index contributed by atoms with van der Waals surface area (Å²) in [5.41, 5.74) is 7.58. The fourth-order valence-electron chi connectivity index (χ4n) is 2.24. The summed E-state index contributed by atoms with van der Waals surface area (Å²) in [5.74, 6) is -1.22. The first-order valence-corrected chi connectivity index (χ1v) is 6.92. The van der Waals surface area contributed by atoms with E-state index in [1.807, 2.05) is 0 Å². The van der Waals surface area contributed by atoms with Crippen molar-refractivity contribution in [3.63, 3.8) is 0 Å². The Hall–Kier alpha value is -3.19. The van der Waals surface area contributed by atoms with Gasteiger partial charge in [0.15, 0.2) is 0 Å². The molecular weight excluding hydrogens is 342 g/mol. The van der Waals surface area contributed by atoms with Gasteiger partial charge in [-0.15, -0.1) is 0 Å². The van der Waals surface area contributed by atoms with E-state index in [1.165, 1.54) is 0 Å². The van der Waals surface area contributed by atoms with Crippen LogP contribution in [0.3, 0.4) is 0 Å². The van der Waals surface area contributed by atoms with Crippen LogP contribution in [0.25, 0.3) is 0 Å². The van der Waals surface area contributed by atoms with Gasteiger partial charge in [0, 0.05) is 12.1 Å². The highest BCUT2D eigenvalue weighted by Gasteiger charge is 2.39. The average Bonchev–Trinajstić information content (AvgIpc) is 2.52. The Kier molecular flexibility index (Phi) is 6.41. The van der Waals surface area contributed by atoms with E-state index in [4.69, 9.17) is 16.6 Å². The van der Waals surface area contributed by atoms with Crippen LogP contribution in [0.5, 0.6) is 0 Å². The zero-order valence-corrected chi connectivity index (χ0v) is 12.7. The molecule has 1 rings (SSSR count). The molecule has 0 amide bonds. The maximum absolute atomic E-state index is 11.2. The first-order chi connectivity index (χ1) is 11.6. The Morgan fingerprint density at radius 3 is 2.00 bits per heavy atom. The topological polar surface area (TPSA) is 219 Å². The first-order valence-electron chi connectivity index (χ1n) is 6.92. The lowest BCUT2D eigenvalue weighted by Gasteiger charge is -2.13. The van der Waals surface area contributed by atoms with Crippen molar-refractivity contribution in [1.29, 1.82) is 0 Å². The summed E-state index contributed by atoms with van der Waals surface area (Å²) >= 11 is 0. The Labute approximate surface area is 139 Å². The summed E-state index contributed by atoms with van der Waals surface area (Å²) in [6.45, 7) is 0. The van der Waals surface area contributed by atoms with Crippen LogP contribution in [-0.4, -0.2) is 31.9 Å². The maximum atomic E-state index is 11.2. The van der Waals surface area contributed by atoms with Gasteiger partial charge in [0.25, 0.3) is 0 Å². The second kappa shape index (κ2) is 8.07. The van der Waals surface area contributed by atoms with E-state index in [2.05, 4.69) is 0 Å². The number of carboxylic acid groups (broad SMARTS) is 1. The van der Waals surface area contributed by atoms with Gasteiger partial charge >= 0.3 is 23.0 Å². The molecule has 0 aliphatic rings. The Balaban J connectivity index is 3.20. The molecule has 0 spiro atoms. The van der Waals surface area contributed by atoms with E-state index >= 15 is 0 Å². The normalized spacial score (nSPS) is 13.0. The van der Waals surface area contributed by atoms with E-state index < -0.39 is 49.9 Å². The molecule has 1 aromatic rings.